The molecule has 0 atom stereocenters. The van der Waals surface area contributed by atoms with Crippen molar-refractivity contribution in [2.45, 2.75) is 6.92 Å². The predicted octanol–water partition coefficient (Wildman–Crippen LogP) is 4.50. The van der Waals surface area contributed by atoms with Gasteiger partial charge in [-0.3, -0.25) is 4.79 Å². The highest BCUT2D eigenvalue weighted by atomic mass is 16.1. The normalized spacial score (nSPS) is 10.8. The number of hydrogen-bond donors (Lipinski definition) is 0. The third-order valence-corrected chi connectivity index (χ3v) is 4.38. The lowest BCUT2D eigenvalue weighted by Crippen LogP contribution is -2.08. The fourth-order valence-corrected chi connectivity index (χ4v) is 3.18. The van der Waals surface area contributed by atoms with Crippen LogP contribution >= 0.6 is 0 Å². The lowest BCUT2D eigenvalue weighted by atomic mass is 10.0. The summed E-state index contributed by atoms with van der Waals surface area (Å²) in [6.07, 6.45) is 0. The van der Waals surface area contributed by atoms with Gasteiger partial charge in [0.2, 0.25) is 5.78 Å². The molecule has 0 unspecified atom stereocenters. The molecule has 114 valence electrons. The fourth-order valence-electron chi connectivity index (χ4n) is 3.18. The summed E-state index contributed by atoms with van der Waals surface area (Å²) in [5.74, 6) is -0.0339. The molecule has 3 nitrogen and oxygen atoms in total. The van der Waals surface area contributed by atoms with Gasteiger partial charge in [-0.25, -0.2) is 0 Å². The van der Waals surface area contributed by atoms with Crippen LogP contribution in [0.2, 0.25) is 0 Å². The Morgan fingerprint density at radius 1 is 0.958 bits per heavy atom. The summed E-state index contributed by atoms with van der Waals surface area (Å²) < 4.78 is 1.89. The van der Waals surface area contributed by atoms with E-state index in [2.05, 4.69) is 6.07 Å². The van der Waals surface area contributed by atoms with Gasteiger partial charge in [0.1, 0.15) is 6.07 Å². The largest absolute Gasteiger partial charge is 0.305 e. The van der Waals surface area contributed by atoms with E-state index in [1.165, 1.54) is 0 Å². The summed E-state index contributed by atoms with van der Waals surface area (Å²) >= 11 is 0. The van der Waals surface area contributed by atoms with Crippen molar-refractivity contribution in [2.75, 3.05) is 0 Å². The number of nitriles is 1. The first-order chi connectivity index (χ1) is 11.7. The van der Waals surface area contributed by atoms with E-state index in [0.717, 1.165) is 22.0 Å². The summed E-state index contributed by atoms with van der Waals surface area (Å²) in [5, 5.41) is 10.4. The van der Waals surface area contributed by atoms with Crippen LogP contribution in [0.15, 0.2) is 66.7 Å². The standard InChI is InChI=1S/C21H14N2O/c1-14-6-2-4-8-17(14)21(24)20-11-10-19-16(13-22)12-15-7-3-5-9-18(15)23(19)20/h2-12H,1H3. The van der Waals surface area contributed by atoms with Gasteiger partial charge in [-0.1, -0.05) is 42.5 Å². The molecule has 0 N–H and O–H groups in total. The second-order valence-corrected chi connectivity index (χ2v) is 5.81. The van der Waals surface area contributed by atoms with Crippen LogP contribution in [0.1, 0.15) is 27.2 Å². The molecule has 0 fully saturated rings. The van der Waals surface area contributed by atoms with Crippen LogP contribution in [0.25, 0.3) is 16.4 Å². The molecule has 0 amide bonds. The average molecular weight is 310 g/mol. The predicted molar refractivity (Wildman–Crippen MR) is 94.2 cm³/mol. The molecule has 0 radical (unpaired) electrons. The fraction of sp³-hybridized carbons (Fsp3) is 0.0476. The lowest BCUT2D eigenvalue weighted by molar-refractivity contribution is 0.103. The molecule has 0 saturated heterocycles. The number of benzene rings is 2. The van der Waals surface area contributed by atoms with Crippen LogP contribution in [0.5, 0.6) is 0 Å². The molecule has 0 aliphatic carbocycles. The maximum atomic E-state index is 13.1. The van der Waals surface area contributed by atoms with Crippen molar-refractivity contribution in [3.05, 3.63) is 89.1 Å². The number of rotatable bonds is 2. The first-order valence-electron chi connectivity index (χ1n) is 7.74. The molecule has 2 aromatic heterocycles. The second-order valence-electron chi connectivity index (χ2n) is 5.81. The summed E-state index contributed by atoms with van der Waals surface area (Å²) in [6, 6.07) is 23.1. The van der Waals surface area contributed by atoms with Crippen molar-refractivity contribution in [2.24, 2.45) is 0 Å². The molecule has 0 bridgehead atoms. The Morgan fingerprint density at radius 3 is 2.50 bits per heavy atom. The molecule has 2 heterocycles. The molecule has 0 aliphatic rings. The minimum atomic E-state index is -0.0339. The van der Waals surface area contributed by atoms with Gasteiger partial charge >= 0.3 is 0 Å². The quantitative estimate of drug-likeness (QED) is 0.512. The molecular weight excluding hydrogens is 296 g/mol. The maximum absolute atomic E-state index is 13.1. The van der Waals surface area contributed by atoms with Gasteiger partial charge in [0.05, 0.1) is 22.3 Å². The number of aryl methyl sites for hydroxylation is 1. The average Bonchev–Trinajstić information content (AvgIpc) is 3.06. The van der Waals surface area contributed by atoms with E-state index < -0.39 is 0 Å². The zero-order valence-corrected chi connectivity index (χ0v) is 13.2. The molecule has 2 aromatic carbocycles. The van der Waals surface area contributed by atoms with Crippen molar-refractivity contribution in [1.29, 1.82) is 5.26 Å². The Balaban J connectivity index is 2.08. The SMILES string of the molecule is Cc1ccccc1C(=O)c1ccc2c(C#N)cc3ccccc3n12. The van der Waals surface area contributed by atoms with Crippen molar-refractivity contribution in [3.63, 3.8) is 0 Å². The Bertz CT molecular complexity index is 1150. The number of para-hydroxylation sites is 1. The van der Waals surface area contributed by atoms with E-state index >= 15 is 0 Å². The highest BCUT2D eigenvalue weighted by molar-refractivity contribution is 6.10. The summed E-state index contributed by atoms with van der Waals surface area (Å²) in [7, 11) is 0. The van der Waals surface area contributed by atoms with Gasteiger partial charge in [-0.15, -0.1) is 0 Å². The van der Waals surface area contributed by atoms with Gasteiger partial charge in [-0.05, 0) is 42.1 Å². The van der Waals surface area contributed by atoms with E-state index in [1.807, 2.05) is 72.0 Å². The van der Waals surface area contributed by atoms with Crippen LogP contribution in [0, 0.1) is 18.3 Å². The van der Waals surface area contributed by atoms with Gasteiger partial charge in [0.25, 0.3) is 0 Å². The minimum Gasteiger partial charge on any atom is -0.305 e. The Kier molecular flexibility index (Phi) is 3.18. The highest BCUT2D eigenvalue weighted by Gasteiger charge is 2.18. The molecule has 0 saturated carbocycles. The smallest absolute Gasteiger partial charge is 0.210 e. The maximum Gasteiger partial charge on any atom is 0.210 e. The Morgan fingerprint density at radius 2 is 1.71 bits per heavy atom. The Hall–Kier alpha value is -3.38. The third-order valence-electron chi connectivity index (χ3n) is 4.38. The number of nitrogens with zero attached hydrogens (tertiary/aromatic N) is 2. The molecule has 24 heavy (non-hydrogen) atoms. The van der Waals surface area contributed by atoms with Crippen LogP contribution in [-0.2, 0) is 0 Å². The van der Waals surface area contributed by atoms with Gasteiger partial charge < -0.3 is 4.40 Å². The first-order valence-corrected chi connectivity index (χ1v) is 7.74. The van der Waals surface area contributed by atoms with Crippen molar-refractivity contribution in [3.8, 4) is 6.07 Å². The lowest BCUT2D eigenvalue weighted by Gasteiger charge is -2.09. The van der Waals surface area contributed by atoms with Crippen molar-refractivity contribution in [1.82, 2.24) is 4.40 Å². The van der Waals surface area contributed by atoms with E-state index in [4.69, 9.17) is 0 Å². The number of carbonyl (C=O) groups excluding carboxylic acids is 1. The van der Waals surface area contributed by atoms with Crippen molar-refractivity contribution >= 4 is 22.2 Å². The summed E-state index contributed by atoms with van der Waals surface area (Å²) in [6.45, 7) is 1.93. The van der Waals surface area contributed by atoms with Crippen LogP contribution in [0.3, 0.4) is 0 Å². The summed E-state index contributed by atoms with van der Waals surface area (Å²) in [4.78, 5) is 13.1. The molecular formula is C21H14N2O. The van der Waals surface area contributed by atoms with E-state index in [-0.39, 0.29) is 5.78 Å². The van der Waals surface area contributed by atoms with Crippen LogP contribution in [0.4, 0.5) is 0 Å². The zero-order valence-electron chi connectivity index (χ0n) is 13.2. The molecule has 4 rings (SSSR count). The van der Waals surface area contributed by atoms with Crippen LogP contribution < -0.4 is 0 Å². The second kappa shape index (κ2) is 5.36. The van der Waals surface area contributed by atoms with Gasteiger partial charge in [-0.2, -0.15) is 5.26 Å². The van der Waals surface area contributed by atoms with Crippen molar-refractivity contribution < 1.29 is 4.79 Å². The zero-order chi connectivity index (χ0) is 16.7. The van der Waals surface area contributed by atoms with Crippen LogP contribution in [-0.4, -0.2) is 10.2 Å². The number of hydrogen-bond acceptors (Lipinski definition) is 2. The van der Waals surface area contributed by atoms with Gasteiger partial charge in [0, 0.05) is 5.56 Å². The third kappa shape index (κ3) is 2.01. The molecule has 0 spiro atoms. The van der Waals surface area contributed by atoms with E-state index in [0.29, 0.717) is 16.8 Å². The molecule has 3 heteroatoms. The summed E-state index contributed by atoms with van der Waals surface area (Å²) in [5.41, 5.74) is 4.45. The monoisotopic (exact) mass is 310 g/mol. The van der Waals surface area contributed by atoms with Gasteiger partial charge in [0.15, 0.2) is 0 Å². The Labute approximate surface area is 139 Å². The number of aromatic nitrogens is 1. The minimum absolute atomic E-state index is 0.0339. The topological polar surface area (TPSA) is 45.3 Å². The number of fused-ring (bicyclic) bond motifs is 3. The number of ketones is 1. The number of pyridine rings is 1. The molecule has 0 aliphatic heterocycles. The number of carbonyl (C=O) groups is 1. The van der Waals surface area contributed by atoms with E-state index in [9.17, 15) is 10.1 Å². The highest BCUT2D eigenvalue weighted by Crippen LogP contribution is 2.25. The van der Waals surface area contributed by atoms with E-state index in [1.54, 1.807) is 6.07 Å². The molecule has 4 aromatic rings. The first kappa shape index (κ1) is 14.2.